The molecule has 2 rings (SSSR count). The molecule has 0 bridgehead atoms. The van der Waals surface area contributed by atoms with Crippen LogP contribution in [-0.4, -0.2) is 14.9 Å². The van der Waals surface area contributed by atoms with E-state index in [1.807, 2.05) is 38.2 Å². The van der Waals surface area contributed by atoms with Crippen LogP contribution in [0.1, 0.15) is 30.0 Å². The normalized spacial score (nSPS) is 12.5. The van der Waals surface area contributed by atoms with Gasteiger partial charge in [0.25, 0.3) is 0 Å². The zero-order valence-corrected chi connectivity index (χ0v) is 12.8. The van der Waals surface area contributed by atoms with E-state index in [9.17, 15) is 5.11 Å². The fourth-order valence-electron chi connectivity index (χ4n) is 1.85. The number of hydrogen-bond donors (Lipinski definition) is 1. The van der Waals surface area contributed by atoms with E-state index in [4.69, 9.17) is 4.74 Å². The molecule has 19 heavy (non-hydrogen) atoms. The summed E-state index contributed by atoms with van der Waals surface area (Å²) >= 11 is 3.51. The van der Waals surface area contributed by atoms with Gasteiger partial charge in [0, 0.05) is 7.05 Å². The van der Waals surface area contributed by atoms with Crippen LogP contribution in [0.4, 0.5) is 0 Å². The van der Waals surface area contributed by atoms with E-state index in [0.717, 1.165) is 27.2 Å². The van der Waals surface area contributed by atoms with Gasteiger partial charge in [-0.3, -0.25) is 4.68 Å². The molecule has 1 aromatic heterocycles. The van der Waals surface area contributed by atoms with Crippen molar-refractivity contribution in [3.63, 3.8) is 0 Å². The first-order valence-corrected chi connectivity index (χ1v) is 6.87. The van der Waals surface area contributed by atoms with Gasteiger partial charge in [-0.1, -0.05) is 12.1 Å². The highest BCUT2D eigenvalue weighted by molar-refractivity contribution is 9.10. The lowest BCUT2D eigenvalue weighted by molar-refractivity contribution is 0.198. The predicted molar refractivity (Wildman–Crippen MR) is 77.1 cm³/mol. The number of aromatic nitrogens is 2. The van der Waals surface area contributed by atoms with E-state index < -0.39 is 6.10 Å². The first kappa shape index (κ1) is 14.1. The molecule has 5 heteroatoms. The molecule has 2 aromatic rings. The van der Waals surface area contributed by atoms with Gasteiger partial charge in [-0.2, -0.15) is 5.10 Å². The molecule has 0 spiro atoms. The van der Waals surface area contributed by atoms with Gasteiger partial charge in [0.1, 0.15) is 12.4 Å². The molecule has 0 aliphatic heterocycles. The molecular weight excluding hydrogens is 308 g/mol. The summed E-state index contributed by atoms with van der Waals surface area (Å²) < 4.78 is 8.53. The molecule has 1 aromatic carbocycles. The molecule has 0 amide bonds. The summed E-state index contributed by atoms with van der Waals surface area (Å²) in [5, 5.41) is 13.9. The summed E-state index contributed by atoms with van der Waals surface area (Å²) in [4.78, 5) is 0. The van der Waals surface area contributed by atoms with Crippen LogP contribution in [0, 0.1) is 6.92 Å². The van der Waals surface area contributed by atoms with Crippen molar-refractivity contribution < 1.29 is 9.84 Å². The molecule has 0 saturated heterocycles. The predicted octanol–water partition coefficient (Wildman–Crippen LogP) is 3.12. The van der Waals surface area contributed by atoms with Crippen molar-refractivity contribution in [2.75, 3.05) is 0 Å². The Morgan fingerprint density at radius 2 is 2.21 bits per heavy atom. The quantitative estimate of drug-likeness (QED) is 0.939. The van der Waals surface area contributed by atoms with Crippen LogP contribution < -0.4 is 4.74 Å². The SMILES string of the molecule is Cc1nn(C)c(COc2cccc(C(C)O)c2)c1Br. The van der Waals surface area contributed by atoms with Crippen LogP contribution in [-0.2, 0) is 13.7 Å². The Balaban J connectivity index is 2.12. The Kier molecular flexibility index (Phi) is 4.27. The lowest BCUT2D eigenvalue weighted by Crippen LogP contribution is -2.04. The number of aliphatic hydroxyl groups excluding tert-OH is 1. The Labute approximate surface area is 121 Å². The van der Waals surface area contributed by atoms with Gasteiger partial charge in [-0.05, 0) is 47.5 Å². The van der Waals surface area contributed by atoms with Gasteiger partial charge in [0.2, 0.25) is 0 Å². The minimum absolute atomic E-state index is 0.432. The second kappa shape index (κ2) is 5.75. The Morgan fingerprint density at radius 1 is 1.47 bits per heavy atom. The van der Waals surface area contributed by atoms with Crippen molar-refractivity contribution in [3.8, 4) is 5.75 Å². The van der Waals surface area contributed by atoms with E-state index in [2.05, 4.69) is 21.0 Å². The van der Waals surface area contributed by atoms with Gasteiger partial charge in [-0.25, -0.2) is 0 Å². The maximum Gasteiger partial charge on any atom is 0.131 e. The van der Waals surface area contributed by atoms with Crippen molar-refractivity contribution in [1.82, 2.24) is 9.78 Å². The van der Waals surface area contributed by atoms with Crippen molar-refractivity contribution in [1.29, 1.82) is 0 Å². The summed E-state index contributed by atoms with van der Waals surface area (Å²) in [6.07, 6.45) is -0.491. The van der Waals surface area contributed by atoms with E-state index in [1.165, 1.54) is 0 Å². The molecule has 102 valence electrons. The van der Waals surface area contributed by atoms with Gasteiger partial charge >= 0.3 is 0 Å². The van der Waals surface area contributed by atoms with Crippen LogP contribution in [0.25, 0.3) is 0 Å². The largest absolute Gasteiger partial charge is 0.487 e. The summed E-state index contributed by atoms with van der Waals surface area (Å²) in [6, 6.07) is 7.48. The third kappa shape index (κ3) is 3.16. The minimum atomic E-state index is -0.491. The number of halogens is 1. The fourth-order valence-corrected chi connectivity index (χ4v) is 2.30. The summed E-state index contributed by atoms with van der Waals surface area (Å²) in [7, 11) is 1.89. The first-order chi connectivity index (χ1) is 8.99. The number of aliphatic hydroxyl groups is 1. The lowest BCUT2D eigenvalue weighted by atomic mass is 10.1. The monoisotopic (exact) mass is 324 g/mol. The molecule has 0 radical (unpaired) electrons. The van der Waals surface area contributed by atoms with E-state index in [0.29, 0.717) is 6.61 Å². The van der Waals surface area contributed by atoms with E-state index in [1.54, 1.807) is 11.6 Å². The summed E-state index contributed by atoms with van der Waals surface area (Å²) in [5.74, 6) is 0.740. The highest BCUT2D eigenvalue weighted by Gasteiger charge is 2.11. The molecule has 1 heterocycles. The molecule has 0 aliphatic rings. The van der Waals surface area contributed by atoms with Crippen molar-refractivity contribution in [2.24, 2.45) is 7.05 Å². The van der Waals surface area contributed by atoms with E-state index >= 15 is 0 Å². The molecule has 0 saturated carbocycles. The zero-order valence-electron chi connectivity index (χ0n) is 11.2. The zero-order chi connectivity index (χ0) is 14.0. The van der Waals surface area contributed by atoms with Crippen LogP contribution in [0.2, 0.25) is 0 Å². The van der Waals surface area contributed by atoms with Crippen LogP contribution in [0.15, 0.2) is 28.7 Å². The topological polar surface area (TPSA) is 47.3 Å². The van der Waals surface area contributed by atoms with Crippen molar-refractivity contribution in [3.05, 3.63) is 45.7 Å². The maximum atomic E-state index is 9.55. The third-order valence-electron chi connectivity index (χ3n) is 2.98. The maximum absolute atomic E-state index is 9.55. The summed E-state index contributed by atoms with van der Waals surface area (Å²) in [5.41, 5.74) is 2.77. The molecule has 4 nitrogen and oxygen atoms in total. The smallest absolute Gasteiger partial charge is 0.131 e. The second-order valence-corrected chi connectivity index (χ2v) is 5.30. The fraction of sp³-hybridized carbons (Fsp3) is 0.357. The Morgan fingerprint density at radius 3 is 2.79 bits per heavy atom. The molecule has 0 fully saturated rings. The number of rotatable bonds is 4. The Bertz CT molecular complexity index is 579. The highest BCUT2D eigenvalue weighted by Crippen LogP contribution is 2.23. The minimum Gasteiger partial charge on any atom is -0.487 e. The number of ether oxygens (including phenoxy) is 1. The van der Waals surface area contributed by atoms with Crippen molar-refractivity contribution >= 4 is 15.9 Å². The first-order valence-electron chi connectivity index (χ1n) is 6.08. The molecule has 1 atom stereocenters. The van der Waals surface area contributed by atoms with Gasteiger partial charge in [0.15, 0.2) is 0 Å². The molecule has 1 N–H and O–H groups in total. The van der Waals surface area contributed by atoms with Crippen molar-refractivity contribution in [2.45, 2.75) is 26.6 Å². The number of benzene rings is 1. The van der Waals surface area contributed by atoms with E-state index in [-0.39, 0.29) is 0 Å². The van der Waals surface area contributed by atoms with Crippen LogP contribution in [0.3, 0.4) is 0 Å². The highest BCUT2D eigenvalue weighted by atomic mass is 79.9. The van der Waals surface area contributed by atoms with Crippen LogP contribution in [0.5, 0.6) is 5.75 Å². The summed E-state index contributed by atoms with van der Waals surface area (Å²) in [6.45, 7) is 4.11. The average Bonchev–Trinajstić information content (AvgIpc) is 2.61. The van der Waals surface area contributed by atoms with Gasteiger partial charge < -0.3 is 9.84 Å². The number of hydrogen-bond acceptors (Lipinski definition) is 3. The number of nitrogens with zero attached hydrogens (tertiary/aromatic N) is 2. The second-order valence-electron chi connectivity index (χ2n) is 4.51. The lowest BCUT2D eigenvalue weighted by Gasteiger charge is -2.10. The molecule has 0 aliphatic carbocycles. The third-order valence-corrected chi connectivity index (χ3v) is 4.01. The average molecular weight is 325 g/mol. The molecule has 1 unspecified atom stereocenters. The molecular formula is C14H17BrN2O2. The standard InChI is InChI=1S/C14H17BrN2O2/c1-9-14(15)13(17(3)16-9)8-19-12-6-4-5-11(7-12)10(2)18/h4-7,10,18H,8H2,1-3H3. The van der Waals surface area contributed by atoms with Crippen LogP contribution >= 0.6 is 15.9 Å². The van der Waals surface area contributed by atoms with Gasteiger partial charge in [-0.15, -0.1) is 0 Å². The van der Waals surface area contributed by atoms with Gasteiger partial charge in [0.05, 0.1) is 22.0 Å². The number of aryl methyl sites for hydroxylation is 2. The Hall–Kier alpha value is -1.33.